The van der Waals surface area contributed by atoms with E-state index in [9.17, 15) is 9.90 Å². The molecule has 0 saturated carbocycles. The van der Waals surface area contributed by atoms with Gasteiger partial charge in [-0.3, -0.25) is 4.79 Å². The van der Waals surface area contributed by atoms with Crippen molar-refractivity contribution in [1.82, 2.24) is 0 Å². The standard InChI is InChI=1S/C12H15Br2NO3/c1-12(2,11(17)18-3)10(15)9-7(14)4-6(13)5-8(9)16/h4-5,10,16H,15H2,1-3H3/t10-/m0/s1. The number of halogens is 2. The van der Waals surface area contributed by atoms with Gasteiger partial charge in [-0.15, -0.1) is 0 Å². The number of rotatable bonds is 3. The number of carbonyl (C=O) groups is 1. The minimum absolute atomic E-state index is 0.0285. The average Bonchev–Trinajstić information content (AvgIpc) is 2.26. The van der Waals surface area contributed by atoms with E-state index < -0.39 is 17.4 Å². The summed E-state index contributed by atoms with van der Waals surface area (Å²) in [7, 11) is 1.31. The Morgan fingerprint density at radius 1 is 1.44 bits per heavy atom. The van der Waals surface area contributed by atoms with Crippen molar-refractivity contribution in [1.29, 1.82) is 0 Å². The Kier molecular flexibility index (Phi) is 4.80. The van der Waals surface area contributed by atoms with Crippen molar-refractivity contribution < 1.29 is 14.6 Å². The zero-order chi connectivity index (χ0) is 14.1. The third-order valence-electron chi connectivity index (χ3n) is 2.87. The molecule has 0 aliphatic rings. The van der Waals surface area contributed by atoms with E-state index in [0.29, 0.717) is 10.0 Å². The molecule has 18 heavy (non-hydrogen) atoms. The fourth-order valence-electron chi connectivity index (χ4n) is 1.63. The number of hydrogen-bond acceptors (Lipinski definition) is 4. The molecular weight excluding hydrogens is 366 g/mol. The summed E-state index contributed by atoms with van der Waals surface area (Å²) in [5.41, 5.74) is 5.63. The number of carbonyl (C=O) groups excluding carboxylic acids is 1. The number of benzene rings is 1. The van der Waals surface area contributed by atoms with Crippen LogP contribution in [0, 0.1) is 5.41 Å². The number of phenolic OH excluding ortho intramolecular Hbond substituents is 1. The molecule has 0 saturated heterocycles. The van der Waals surface area contributed by atoms with Gasteiger partial charge in [0.2, 0.25) is 0 Å². The summed E-state index contributed by atoms with van der Waals surface area (Å²) >= 11 is 6.61. The zero-order valence-electron chi connectivity index (χ0n) is 10.3. The van der Waals surface area contributed by atoms with Crippen LogP contribution in [-0.2, 0) is 9.53 Å². The number of esters is 1. The minimum Gasteiger partial charge on any atom is -0.508 e. The summed E-state index contributed by atoms with van der Waals surface area (Å²) < 4.78 is 6.09. The van der Waals surface area contributed by atoms with Crippen LogP contribution >= 0.6 is 31.9 Å². The Balaban J connectivity index is 3.27. The van der Waals surface area contributed by atoms with E-state index in [1.165, 1.54) is 13.2 Å². The lowest BCUT2D eigenvalue weighted by Gasteiger charge is -2.30. The lowest BCUT2D eigenvalue weighted by Crippen LogP contribution is -2.37. The SMILES string of the molecule is COC(=O)C(C)(C)[C@@H](N)c1c(O)cc(Br)cc1Br. The molecule has 0 aromatic heterocycles. The first-order valence-electron chi connectivity index (χ1n) is 5.23. The van der Waals surface area contributed by atoms with Gasteiger partial charge in [-0.05, 0) is 26.0 Å². The molecule has 1 rings (SSSR count). The molecule has 0 amide bonds. The maximum absolute atomic E-state index is 11.7. The van der Waals surface area contributed by atoms with Crippen molar-refractivity contribution in [2.24, 2.45) is 11.1 Å². The van der Waals surface area contributed by atoms with E-state index in [1.807, 2.05) is 0 Å². The van der Waals surface area contributed by atoms with E-state index >= 15 is 0 Å². The van der Waals surface area contributed by atoms with Crippen LogP contribution in [0.5, 0.6) is 5.75 Å². The van der Waals surface area contributed by atoms with Crippen molar-refractivity contribution in [2.75, 3.05) is 7.11 Å². The van der Waals surface area contributed by atoms with Crippen LogP contribution in [0.15, 0.2) is 21.1 Å². The number of nitrogens with two attached hydrogens (primary N) is 1. The molecule has 0 fully saturated rings. The van der Waals surface area contributed by atoms with E-state index in [4.69, 9.17) is 10.5 Å². The van der Waals surface area contributed by atoms with E-state index in [2.05, 4.69) is 31.9 Å². The molecule has 4 nitrogen and oxygen atoms in total. The predicted molar refractivity (Wildman–Crippen MR) is 76.2 cm³/mol. The fourth-order valence-corrected chi connectivity index (χ4v) is 3.08. The molecule has 0 bridgehead atoms. The van der Waals surface area contributed by atoms with Gasteiger partial charge in [0.15, 0.2) is 0 Å². The van der Waals surface area contributed by atoms with Gasteiger partial charge in [0.05, 0.1) is 18.6 Å². The molecule has 1 aromatic rings. The van der Waals surface area contributed by atoms with Gasteiger partial charge in [0.25, 0.3) is 0 Å². The summed E-state index contributed by atoms with van der Waals surface area (Å²) in [6.07, 6.45) is 0. The van der Waals surface area contributed by atoms with Crippen LogP contribution in [0.4, 0.5) is 0 Å². The topological polar surface area (TPSA) is 72.5 Å². The summed E-state index contributed by atoms with van der Waals surface area (Å²) in [5, 5.41) is 9.97. The molecule has 0 heterocycles. The van der Waals surface area contributed by atoms with Gasteiger partial charge in [0.1, 0.15) is 5.75 Å². The normalized spacial score (nSPS) is 13.2. The summed E-state index contributed by atoms with van der Waals surface area (Å²) in [5.74, 6) is -0.398. The van der Waals surface area contributed by atoms with Crippen LogP contribution in [-0.4, -0.2) is 18.2 Å². The lowest BCUT2D eigenvalue weighted by atomic mass is 9.80. The third kappa shape index (κ3) is 2.87. The first-order valence-corrected chi connectivity index (χ1v) is 6.82. The van der Waals surface area contributed by atoms with Gasteiger partial charge < -0.3 is 15.6 Å². The molecule has 0 radical (unpaired) electrons. The molecule has 6 heteroatoms. The zero-order valence-corrected chi connectivity index (χ0v) is 13.5. The highest BCUT2D eigenvalue weighted by Crippen LogP contribution is 2.41. The Morgan fingerprint density at radius 2 is 2.00 bits per heavy atom. The smallest absolute Gasteiger partial charge is 0.313 e. The highest BCUT2D eigenvalue weighted by molar-refractivity contribution is 9.11. The quantitative estimate of drug-likeness (QED) is 0.790. The summed E-state index contributed by atoms with van der Waals surface area (Å²) in [6.45, 7) is 3.36. The molecule has 100 valence electrons. The van der Waals surface area contributed by atoms with Crippen LogP contribution < -0.4 is 5.73 Å². The Hall–Kier alpha value is -0.590. The van der Waals surface area contributed by atoms with Gasteiger partial charge in [-0.25, -0.2) is 0 Å². The largest absolute Gasteiger partial charge is 0.508 e. The Morgan fingerprint density at radius 3 is 2.44 bits per heavy atom. The predicted octanol–water partition coefficient (Wildman–Crippen LogP) is 3.12. The van der Waals surface area contributed by atoms with Gasteiger partial charge >= 0.3 is 5.97 Å². The van der Waals surface area contributed by atoms with Crippen LogP contribution in [0.3, 0.4) is 0 Å². The maximum atomic E-state index is 11.7. The van der Waals surface area contributed by atoms with Crippen molar-refractivity contribution in [3.63, 3.8) is 0 Å². The molecule has 0 aliphatic carbocycles. The second-order valence-corrected chi connectivity index (χ2v) is 6.28. The Labute approximate surface area is 123 Å². The molecule has 3 N–H and O–H groups in total. The summed E-state index contributed by atoms with van der Waals surface area (Å²) in [4.78, 5) is 11.7. The highest BCUT2D eigenvalue weighted by atomic mass is 79.9. The van der Waals surface area contributed by atoms with Gasteiger partial charge in [-0.2, -0.15) is 0 Å². The minimum atomic E-state index is -0.942. The van der Waals surface area contributed by atoms with Crippen molar-refractivity contribution in [2.45, 2.75) is 19.9 Å². The number of phenols is 1. The first-order chi connectivity index (χ1) is 8.21. The second kappa shape index (κ2) is 5.59. The summed E-state index contributed by atoms with van der Waals surface area (Å²) in [6, 6.07) is 2.61. The third-order valence-corrected chi connectivity index (χ3v) is 3.99. The Bertz CT molecular complexity index is 451. The van der Waals surface area contributed by atoms with Crippen LogP contribution in [0.1, 0.15) is 25.5 Å². The van der Waals surface area contributed by atoms with Crippen molar-refractivity contribution in [3.8, 4) is 5.75 Å². The number of aromatic hydroxyl groups is 1. The second-order valence-electron chi connectivity index (χ2n) is 4.51. The van der Waals surface area contributed by atoms with Crippen molar-refractivity contribution >= 4 is 37.8 Å². The van der Waals surface area contributed by atoms with E-state index in [1.54, 1.807) is 19.9 Å². The van der Waals surface area contributed by atoms with E-state index in [-0.39, 0.29) is 5.75 Å². The highest BCUT2D eigenvalue weighted by Gasteiger charge is 2.38. The van der Waals surface area contributed by atoms with Gasteiger partial charge in [-0.1, -0.05) is 31.9 Å². The van der Waals surface area contributed by atoms with Gasteiger partial charge in [0, 0.05) is 14.5 Å². The van der Waals surface area contributed by atoms with Crippen LogP contribution in [0.2, 0.25) is 0 Å². The fraction of sp³-hybridized carbons (Fsp3) is 0.417. The number of hydrogen-bond donors (Lipinski definition) is 2. The molecule has 1 atom stereocenters. The molecule has 1 aromatic carbocycles. The molecule has 0 unspecified atom stereocenters. The molecular formula is C12H15Br2NO3. The monoisotopic (exact) mass is 379 g/mol. The maximum Gasteiger partial charge on any atom is 0.313 e. The first kappa shape index (κ1) is 15.5. The number of ether oxygens (including phenoxy) is 1. The van der Waals surface area contributed by atoms with Crippen molar-refractivity contribution in [3.05, 3.63) is 26.6 Å². The van der Waals surface area contributed by atoms with Crippen LogP contribution in [0.25, 0.3) is 0 Å². The molecule has 0 aliphatic heterocycles. The molecule has 0 spiro atoms. The average molecular weight is 381 g/mol. The lowest BCUT2D eigenvalue weighted by molar-refractivity contribution is -0.152. The van der Waals surface area contributed by atoms with E-state index in [0.717, 1.165) is 4.47 Å². The number of methoxy groups -OCH3 is 1.